The summed E-state index contributed by atoms with van der Waals surface area (Å²) < 4.78 is 35.3. The van der Waals surface area contributed by atoms with E-state index in [1.165, 1.54) is 45.6 Å². The van der Waals surface area contributed by atoms with E-state index in [9.17, 15) is 9.18 Å². The molecule has 0 fully saturated rings. The average molecular weight is 422 g/mol. The van der Waals surface area contributed by atoms with Gasteiger partial charge >= 0.3 is 0 Å². The fourth-order valence-electron chi connectivity index (χ4n) is 3.17. The van der Waals surface area contributed by atoms with Gasteiger partial charge in [0.15, 0.2) is 17.1 Å². The highest BCUT2D eigenvalue weighted by atomic mass is 19.1. The molecule has 1 N–H and O–H groups in total. The molecular formula is C23H19FN2O5. The van der Waals surface area contributed by atoms with Gasteiger partial charge in [0, 0.05) is 16.8 Å². The van der Waals surface area contributed by atoms with Crippen molar-refractivity contribution < 1.29 is 27.8 Å². The van der Waals surface area contributed by atoms with Gasteiger partial charge in [-0.2, -0.15) is 0 Å². The third kappa shape index (κ3) is 4.00. The number of nitrogens with zero attached hydrogens (tertiary/aromatic N) is 1. The van der Waals surface area contributed by atoms with E-state index >= 15 is 0 Å². The Bertz CT molecular complexity index is 1240. The van der Waals surface area contributed by atoms with E-state index in [1.54, 1.807) is 30.3 Å². The Kier molecular flexibility index (Phi) is 5.44. The maximum Gasteiger partial charge on any atom is 0.255 e. The number of aromatic nitrogens is 1. The molecule has 4 aromatic rings. The summed E-state index contributed by atoms with van der Waals surface area (Å²) in [6.45, 7) is 0. The molecule has 0 spiro atoms. The van der Waals surface area contributed by atoms with Crippen molar-refractivity contribution >= 4 is 22.7 Å². The number of benzene rings is 3. The second-order valence-corrected chi connectivity index (χ2v) is 6.58. The summed E-state index contributed by atoms with van der Waals surface area (Å²) in [7, 11) is 4.58. The van der Waals surface area contributed by atoms with Crippen LogP contribution in [0, 0.1) is 5.82 Å². The van der Waals surface area contributed by atoms with Crippen LogP contribution in [-0.2, 0) is 0 Å². The minimum absolute atomic E-state index is 0.221. The maximum absolute atomic E-state index is 13.4. The minimum atomic E-state index is -0.477. The summed E-state index contributed by atoms with van der Waals surface area (Å²) >= 11 is 0. The van der Waals surface area contributed by atoms with Crippen molar-refractivity contribution in [1.82, 2.24) is 4.98 Å². The molecule has 0 unspecified atom stereocenters. The Morgan fingerprint density at radius 2 is 1.71 bits per heavy atom. The molecule has 7 nitrogen and oxygen atoms in total. The molecule has 158 valence electrons. The summed E-state index contributed by atoms with van der Waals surface area (Å²) in [4.78, 5) is 16.9. The second kappa shape index (κ2) is 8.35. The smallest absolute Gasteiger partial charge is 0.255 e. The summed E-state index contributed by atoms with van der Waals surface area (Å²) in [5, 5.41) is 2.73. The molecule has 0 aliphatic heterocycles. The van der Waals surface area contributed by atoms with Crippen LogP contribution in [0.25, 0.3) is 22.6 Å². The van der Waals surface area contributed by atoms with Crippen molar-refractivity contribution in [3.63, 3.8) is 0 Å². The second-order valence-electron chi connectivity index (χ2n) is 6.58. The number of carbonyl (C=O) groups is 1. The van der Waals surface area contributed by atoms with Crippen molar-refractivity contribution in [3.05, 3.63) is 66.0 Å². The number of halogens is 1. The fourth-order valence-corrected chi connectivity index (χ4v) is 3.17. The van der Waals surface area contributed by atoms with Crippen molar-refractivity contribution in [1.29, 1.82) is 0 Å². The molecule has 0 aliphatic rings. The van der Waals surface area contributed by atoms with Crippen LogP contribution >= 0.6 is 0 Å². The molecule has 8 heteroatoms. The molecular weight excluding hydrogens is 403 g/mol. The molecule has 1 amide bonds. The summed E-state index contributed by atoms with van der Waals surface area (Å²) in [6, 6.07) is 14.0. The van der Waals surface area contributed by atoms with E-state index in [2.05, 4.69) is 10.3 Å². The number of hydrogen-bond acceptors (Lipinski definition) is 6. The lowest BCUT2D eigenvalue weighted by Gasteiger charge is -2.12. The number of carbonyl (C=O) groups excluding carboxylic acids is 1. The number of nitrogens with one attached hydrogen (secondary N) is 1. The molecule has 1 heterocycles. The SMILES string of the molecule is COc1cc(-c2nc3cc(NC(=O)c4cccc(F)c4)ccc3o2)cc(OC)c1OC. The quantitative estimate of drug-likeness (QED) is 0.475. The van der Waals surface area contributed by atoms with Crippen LogP contribution in [0.5, 0.6) is 17.2 Å². The van der Waals surface area contributed by atoms with Crippen molar-refractivity contribution in [2.45, 2.75) is 0 Å². The van der Waals surface area contributed by atoms with Crippen LogP contribution in [0.4, 0.5) is 10.1 Å². The Morgan fingerprint density at radius 3 is 2.35 bits per heavy atom. The number of hydrogen-bond donors (Lipinski definition) is 1. The normalized spacial score (nSPS) is 10.7. The van der Waals surface area contributed by atoms with E-state index < -0.39 is 11.7 Å². The molecule has 0 radical (unpaired) electrons. The van der Waals surface area contributed by atoms with Crippen LogP contribution in [0.15, 0.2) is 59.0 Å². The third-order valence-electron chi connectivity index (χ3n) is 4.64. The summed E-state index contributed by atoms with van der Waals surface area (Å²) in [5.74, 6) is 0.862. The lowest BCUT2D eigenvalue weighted by molar-refractivity contribution is 0.102. The zero-order chi connectivity index (χ0) is 22.0. The Hall–Kier alpha value is -4.07. The molecule has 31 heavy (non-hydrogen) atoms. The number of rotatable bonds is 6. The van der Waals surface area contributed by atoms with Gasteiger partial charge in [0.2, 0.25) is 11.6 Å². The lowest BCUT2D eigenvalue weighted by Crippen LogP contribution is -2.11. The van der Waals surface area contributed by atoms with Crippen molar-refractivity contribution in [2.75, 3.05) is 26.6 Å². The predicted molar refractivity (Wildman–Crippen MR) is 113 cm³/mol. The molecule has 0 aliphatic carbocycles. The molecule has 0 saturated carbocycles. The zero-order valence-electron chi connectivity index (χ0n) is 17.1. The van der Waals surface area contributed by atoms with Crippen LogP contribution < -0.4 is 19.5 Å². The highest BCUT2D eigenvalue weighted by molar-refractivity contribution is 6.04. The van der Waals surface area contributed by atoms with Crippen molar-refractivity contribution in [2.24, 2.45) is 0 Å². The van der Waals surface area contributed by atoms with Gasteiger partial charge in [0.25, 0.3) is 5.91 Å². The Morgan fingerprint density at radius 1 is 0.968 bits per heavy atom. The van der Waals surface area contributed by atoms with E-state index in [1.807, 2.05) is 0 Å². The van der Waals surface area contributed by atoms with E-state index in [4.69, 9.17) is 18.6 Å². The maximum atomic E-state index is 13.4. The minimum Gasteiger partial charge on any atom is -0.493 e. The van der Waals surface area contributed by atoms with Crippen LogP contribution in [0.1, 0.15) is 10.4 Å². The van der Waals surface area contributed by atoms with Crippen LogP contribution in [0.2, 0.25) is 0 Å². The third-order valence-corrected chi connectivity index (χ3v) is 4.64. The Balaban J connectivity index is 1.66. The number of oxazole rings is 1. The molecule has 1 aromatic heterocycles. The van der Waals surface area contributed by atoms with Gasteiger partial charge in [0.1, 0.15) is 11.3 Å². The monoisotopic (exact) mass is 422 g/mol. The summed E-state index contributed by atoms with van der Waals surface area (Å²) in [6.07, 6.45) is 0. The number of ether oxygens (including phenoxy) is 3. The average Bonchev–Trinajstić information content (AvgIpc) is 3.21. The van der Waals surface area contributed by atoms with Gasteiger partial charge in [-0.25, -0.2) is 9.37 Å². The number of methoxy groups -OCH3 is 3. The van der Waals surface area contributed by atoms with Gasteiger partial charge < -0.3 is 23.9 Å². The molecule has 0 saturated heterocycles. The number of fused-ring (bicyclic) bond motifs is 1. The predicted octanol–water partition coefficient (Wildman–Crippen LogP) is 4.91. The molecule has 4 rings (SSSR count). The van der Waals surface area contributed by atoms with E-state index in [-0.39, 0.29) is 5.56 Å². The van der Waals surface area contributed by atoms with Crippen molar-refractivity contribution in [3.8, 4) is 28.7 Å². The standard InChI is InChI=1S/C23H19FN2O5/c1-28-19-10-14(11-20(29-2)21(19)30-3)23-26-17-12-16(7-8-18(17)31-23)25-22(27)13-5-4-6-15(24)9-13/h4-12H,1-3H3,(H,25,27). The summed E-state index contributed by atoms with van der Waals surface area (Å²) in [5.41, 5.74) is 2.44. The van der Waals surface area contributed by atoms with E-state index in [0.29, 0.717) is 45.5 Å². The molecule has 0 bridgehead atoms. The van der Waals surface area contributed by atoms with Gasteiger partial charge in [-0.15, -0.1) is 0 Å². The first-order chi connectivity index (χ1) is 15.0. The first-order valence-electron chi connectivity index (χ1n) is 9.30. The number of anilines is 1. The van der Waals surface area contributed by atoms with Gasteiger partial charge in [-0.3, -0.25) is 4.79 Å². The van der Waals surface area contributed by atoms with Crippen LogP contribution in [0.3, 0.4) is 0 Å². The highest BCUT2D eigenvalue weighted by Crippen LogP contribution is 2.41. The first-order valence-corrected chi connectivity index (χ1v) is 9.30. The van der Waals surface area contributed by atoms with Gasteiger partial charge in [-0.1, -0.05) is 6.07 Å². The number of amides is 1. The molecule has 3 aromatic carbocycles. The Labute approximate surface area is 177 Å². The topological polar surface area (TPSA) is 82.8 Å². The van der Waals surface area contributed by atoms with Crippen LogP contribution in [-0.4, -0.2) is 32.2 Å². The largest absolute Gasteiger partial charge is 0.493 e. The molecule has 0 atom stereocenters. The van der Waals surface area contributed by atoms with E-state index in [0.717, 1.165) is 0 Å². The highest BCUT2D eigenvalue weighted by Gasteiger charge is 2.18. The van der Waals surface area contributed by atoms with Gasteiger partial charge in [-0.05, 0) is 48.5 Å². The fraction of sp³-hybridized carbons (Fsp3) is 0.130. The lowest BCUT2D eigenvalue weighted by atomic mass is 10.2. The zero-order valence-corrected chi connectivity index (χ0v) is 17.1. The van der Waals surface area contributed by atoms with Gasteiger partial charge in [0.05, 0.1) is 21.3 Å². The first kappa shape index (κ1) is 20.2.